The van der Waals surface area contributed by atoms with Crippen LogP contribution >= 0.6 is 0 Å². The molecule has 2 aromatic rings. The summed E-state index contributed by atoms with van der Waals surface area (Å²) in [4.78, 5) is 12.0. The highest BCUT2D eigenvalue weighted by Gasteiger charge is 2.28. The molecule has 0 fully saturated rings. The fraction of sp³-hybridized carbons (Fsp3) is 0.375. The van der Waals surface area contributed by atoms with Gasteiger partial charge < -0.3 is 9.84 Å². The summed E-state index contributed by atoms with van der Waals surface area (Å²) >= 11 is 0. The molecule has 0 unspecified atom stereocenters. The number of aryl methyl sites for hydroxylation is 1. The van der Waals surface area contributed by atoms with Crippen molar-refractivity contribution in [3.63, 3.8) is 0 Å². The fourth-order valence-corrected chi connectivity index (χ4v) is 3.31. The summed E-state index contributed by atoms with van der Waals surface area (Å²) < 4.78 is 29.3. The number of sulfone groups is 1. The predicted octanol–water partition coefficient (Wildman–Crippen LogP) is 1.65. The van der Waals surface area contributed by atoms with Crippen molar-refractivity contribution in [3.8, 4) is 0 Å². The van der Waals surface area contributed by atoms with Gasteiger partial charge in [-0.2, -0.15) is 0 Å². The second-order valence-electron chi connectivity index (χ2n) is 5.40. The topological polar surface area (TPSA) is 89.3 Å². The van der Waals surface area contributed by atoms with E-state index in [1.807, 2.05) is 30.3 Å². The van der Waals surface area contributed by atoms with E-state index in [4.69, 9.17) is 4.52 Å². The van der Waals surface area contributed by atoms with Gasteiger partial charge in [0.25, 0.3) is 0 Å². The molecule has 1 aromatic carbocycles. The molecule has 0 aliphatic heterocycles. The van der Waals surface area contributed by atoms with Crippen molar-refractivity contribution in [2.75, 3.05) is 6.54 Å². The first kappa shape index (κ1) is 17.2. The summed E-state index contributed by atoms with van der Waals surface area (Å²) in [5.41, 5.74) is 1.40. The van der Waals surface area contributed by atoms with Gasteiger partial charge in [0.05, 0.1) is 11.4 Å². The van der Waals surface area contributed by atoms with Crippen LogP contribution in [-0.4, -0.2) is 31.3 Å². The zero-order chi connectivity index (χ0) is 16.9. The molecular weight excluding hydrogens is 316 g/mol. The normalized spacial score (nSPS) is 12.8. The van der Waals surface area contributed by atoms with Gasteiger partial charge in [-0.3, -0.25) is 4.79 Å². The largest absolute Gasteiger partial charge is 0.361 e. The third kappa shape index (κ3) is 4.92. The van der Waals surface area contributed by atoms with Gasteiger partial charge in [-0.15, -0.1) is 0 Å². The highest BCUT2D eigenvalue weighted by Crippen LogP contribution is 2.12. The fourth-order valence-electron chi connectivity index (χ4n) is 2.10. The van der Waals surface area contributed by atoms with E-state index in [1.165, 1.54) is 6.92 Å². The standard InChI is InChI=1S/C16H20N2O4S/c1-12-10-15(18-22-12)11-23(20,21)13(2)16(19)17-9-8-14-6-4-3-5-7-14/h3-7,10,13H,8-9,11H2,1-2H3,(H,17,19)/t13-/m1/s1. The highest BCUT2D eigenvalue weighted by molar-refractivity contribution is 7.92. The molecule has 1 atom stereocenters. The second-order valence-corrected chi connectivity index (χ2v) is 7.73. The SMILES string of the molecule is Cc1cc(CS(=O)(=O)[C@H](C)C(=O)NCCc2ccccc2)no1. The van der Waals surface area contributed by atoms with Gasteiger partial charge in [-0.1, -0.05) is 35.5 Å². The maximum atomic E-state index is 12.2. The van der Waals surface area contributed by atoms with Crippen molar-refractivity contribution in [2.45, 2.75) is 31.3 Å². The summed E-state index contributed by atoms with van der Waals surface area (Å²) in [7, 11) is -3.63. The van der Waals surface area contributed by atoms with E-state index in [0.29, 0.717) is 24.4 Å². The summed E-state index contributed by atoms with van der Waals surface area (Å²) in [6.07, 6.45) is 0.655. The maximum absolute atomic E-state index is 12.2. The Hall–Kier alpha value is -2.15. The molecule has 1 aromatic heterocycles. The van der Waals surface area contributed by atoms with Crippen LogP contribution in [0, 0.1) is 6.92 Å². The Morgan fingerprint density at radius 2 is 2.00 bits per heavy atom. The van der Waals surface area contributed by atoms with Crippen LogP contribution in [0.15, 0.2) is 40.9 Å². The molecule has 124 valence electrons. The zero-order valence-electron chi connectivity index (χ0n) is 13.2. The Bertz CT molecular complexity index is 753. The monoisotopic (exact) mass is 336 g/mol. The van der Waals surface area contributed by atoms with Crippen LogP contribution in [0.1, 0.15) is 23.9 Å². The Morgan fingerprint density at radius 1 is 1.30 bits per heavy atom. The number of benzene rings is 1. The van der Waals surface area contributed by atoms with Crippen LogP contribution in [0.5, 0.6) is 0 Å². The van der Waals surface area contributed by atoms with Gasteiger partial charge in [0.15, 0.2) is 9.84 Å². The van der Waals surface area contributed by atoms with E-state index in [1.54, 1.807) is 13.0 Å². The third-order valence-electron chi connectivity index (χ3n) is 3.49. The van der Waals surface area contributed by atoms with Crippen molar-refractivity contribution in [3.05, 3.63) is 53.4 Å². The van der Waals surface area contributed by atoms with Crippen LogP contribution < -0.4 is 5.32 Å². The van der Waals surface area contributed by atoms with E-state index >= 15 is 0 Å². The summed E-state index contributed by atoms with van der Waals surface area (Å²) in [5, 5.41) is 5.20. The number of rotatable bonds is 7. The average Bonchev–Trinajstić information content (AvgIpc) is 2.91. The van der Waals surface area contributed by atoms with E-state index in [2.05, 4.69) is 10.5 Å². The minimum Gasteiger partial charge on any atom is -0.361 e. The molecule has 1 amide bonds. The molecule has 0 radical (unpaired) electrons. The molecule has 0 saturated heterocycles. The van der Waals surface area contributed by atoms with Crippen LogP contribution in [-0.2, 0) is 26.8 Å². The minimum atomic E-state index is -3.63. The van der Waals surface area contributed by atoms with Crippen molar-refractivity contribution in [1.82, 2.24) is 10.5 Å². The van der Waals surface area contributed by atoms with Gasteiger partial charge in [-0.25, -0.2) is 8.42 Å². The van der Waals surface area contributed by atoms with Crippen LogP contribution in [0.2, 0.25) is 0 Å². The predicted molar refractivity (Wildman–Crippen MR) is 86.5 cm³/mol. The van der Waals surface area contributed by atoms with Crippen LogP contribution in [0.4, 0.5) is 0 Å². The molecule has 1 N–H and O–H groups in total. The lowest BCUT2D eigenvalue weighted by molar-refractivity contribution is -0.120. The Morgan fingerprint density at radius 3 is 2.61 bits per heavy atom. The van der Waals surface area contributed by atoms with Gasteiger partial charge in [0.1, 0.15) is 11.0 Å². The number of carbonyl (C=O) groups is 1. The van der Waals surface area contributed by atoms with Crippen LogP contribution in [0.3, 0.4) is 0 Å². The zero-order valence-corrected chi connectivity index (χ0v) is 14.0. The quantitative estimate of drug-likeness (QED) is 0.830. The van der Waals surface area contributed by atoms with Crippen molar-refractivity contribution in [1.29, 1.82) is 0 Å². The smallest absolute Gasteiger partial charge is 0.238 e. The summed E-state index contributed by atoms with van der Waals surface area (Å²) in [6, 6.07) is 11.2. The van der Waals surface area contributed by atoms with Gasteiger partial charge in [-0.05, 0) is 25.8 Å². The Labute approximate surface area is 135 Å². The molecule has 0 aliphatic carbocycles. The number of hydrogen-bond acceptors (Lipinski definition) is 5. The first-order valence-electron chi connectivity index (χ1n) is 7.34. The average molecular weight is 336 g/mol. The molecule has 23 heavy (non-hydrogen) atoms. The lowest BCUT2D eigenvalue weighted by atomic mass is 10.1. The molecule has 0 spiro atoms. The van der Waals surface area contributed by atoms with Crippen molar-refractivity contribution < 1.29 is 17.7 Å². The Balaban J connectivity index is 1.88. The first-order chi connectivity index (χ1) is 10.9. The number of nitrogens with zero attached hydrogens (tertiary/aromatic N) is 1. The van der Waals surface area contributed by atoms with Crippen molar-refractivity contribution in [2.24, 2.45) is 0 Å². The van der Waals surface area contributed by atoms with Gasteiger partial charge in [0, 0.05) is 12.6 Å². The molecule has 0 saturated carbocycles. The molecule has 1 heterocycles. The van der Waals surface area contributed by atoms with Gasteiger partial charge >= 0.3 is 0 Å². The van der Waals surface area contributed by atoms with Gasteiger partial charge in [0.2, 0.25) is 5.91 Å². The lowest BCUT2D eigenvalue weighted by Gasteiger charge is -2.12. The third-order valence-corrected chi connectivity index (χ3v) is 5.48. The summed E-state index contributed by atoms with van der Waals surface area (Å²) in [5.74, 6) is -0.270. The van der Waals surface area contributed by atoms with E-state index in [0.717, 1.165) is 5.56 Å². The maximum Gasteiger partial charge on any atom is 0.238 e. The molecule has 6 nitrogen and oxygen atoms in total. The number of amides is 1. The van der Waals surface area contributed by atoms with Crippen LogP contribution in [0.25, 0.3) is 0 Å². The molecule has 0 bridgehead atoms. The first-order valence-corrected chi connectivity index (χ1v) is 9.05. The minimum absolute atomic E-state index is 0.308. The van der Waals surface area contributed by atoms with Crippen molar-refractivity contribution >= 4 is 15.7 Å². The number of hydrogen-bond donors (Lipinski definition) is 1. The number of nitrogens with one attached hydrogen (secondary N) is 1. The molecule has 0 aliphatic rings. The number of carbonyl (C=O) groups excluding carboxylic acids is 1. The number of aromatic nitrogens is 1. The summed E-state index contributed by atoms with van der Waals surface area (Å²) in [6.45, 7) is 3.47. The highest BCUT2D eigenvalue weighted by atomic mass is 32.2. The molecule has 7 heteroatoms. The molecule has 2 rings (SSSR count). The lowest BCUT2D eigenvalue weighted by Crippen LogP contribution is -2.39. The van der Waals surface area contributed by atoms with E-state index < -0.39 is 21.0 Å². The Kier molecular flexibility index (Phi) is 5.54. The second kappa shape index (κ2) is 7.41. The van der Waals surface area contributed by atoms with E-state index in [-0.39, 0.29) is 5.75 Å². The van der Waals surface area contributed by atoms with E-state index in [9.17, 15) is 13.2 Å². The molecular formula is C16H20N2O4S.